The normalized spacial score (nSPS) is 9.89. The molecular formula is C21H34N2O5. The zero-order chi connectivity index (χ0) is 21.0. The standard InChI is InChI=1S/C15H21NO3.C6H13NO2/c17-14(11-10-13-7-3-1-4-8-13)16-12-6-2-5-9-15(18)19;7-5-3-1-2-4-6(8)9/h1,3-4,7-8H,2,5-6,9-12H2,(H,16,17)(H,18,19);1-5,7H2,(H,8,9). The van der Waals surface area contributed by atoms with E-state index >= 15 is 0 Å². The number of carbonyl (C=O) groups is 3. The second kappa shape index (κ2) is 18.0. The second-order valence-electron chi connectivity index (χ2n) is 6.53. The number of unbranched alkanes of at least 4 members (excludes halogenated alkanes) is 4. The highest BCUT2D eigenvalue weighted by atomic mass is 16.4. The van der Waals surface area contributed by atoms with Crippen molar-refractivity contribution in [1.29, 1.82) is 0 Å². The Morgan fingerprint density at radius 1 is 0.786 bits per heavy atom. The predicted molar refractivity (Wildman–Crippen MR) is 109 cm³/mol. The van der Waals surface area contributed by atoms with E-state index in [-0.39, 0.29) is 18.7 Å². The van der Waals surface area contributed by atoms with Crippen molar-refractivity contribution in [3.63, 3.8) is 0 Å². The SMILES string of the molecule is NCCCCCC(=O)O.O=C(O)CCCCCNC(=O)CCc1ccccc1. The average molecular weight is 395 g/mol. The van der Waals surface area contributed by atoms with Gasteiger partial charge >= 0.3 is 11.9 Å². The van der Waals surface area contributed by atoms with Crippen LogP contribution in [0.25, 0.3) is 0 Å². The van der Waals surface area contributed by atoms with Crippen LogP contribution in [0.2, 0.25) is 0 Å². The van der Waals surface area contributed by atoms with Crippen LogP contribution in [0.3, 0.4) is 0 Å². The summed E-state index contributed by atoms with van der Waals surface area (Å²) in [7, 11) is 0. The van der Waals surface area contributed by atoms with Crippen molar-refractivity contribution in [3.8, 4) is 0 Å². The number of aryl methyl sites for hydroxylation is 1. The minimum Gasteiger partial charge on any atom is -0.481 e. The maximum absolute atomic E-state index is 11.6. The fraction of sp³-hybridized carbons (Fsp3) is 0.571. The molecule has 0 heterocycles. The van der Waals surface area contributed by atoms with Gasteiger partial charge in [0, 0.05) is 25.8 Å². The molecule has 7 nitrogen and oxygen atoms in total. The molecular weight excluding hydrogens is 360 g/mol. The first kappa shape index (κ1) is 25.6. The van der Waals surface area contributed by atoms with Gasteiger partial charge in [-0.05, 0) is 44.2 Å². The number of nitrogens with two attached hydrogens (primary N) is 1. The van der Waals surface area contributed by atoms with Crippen LogP contribution < -0.4 is 11.1 Å². The number of hydrogen-bond acceptors (Lipinski definition) is 4. The van der Waals surface area contributed by atoms with E-state index in [0.717, 1.165) is 38.5 Å². The number of hydrogen-bond donors (Lipinski definition) is 4. The Balaban J connectivity index is 0.000000684. The average Bonchev–Trinajstić information content (AvgIpc) is 2.67. The van der Waals surface area contributed by atoms with Gasteiger partial charge in [-0.25, -0.2) is 0 Å². The number of amides is 1. The van der Waals surface area contributed by atoms with Crippen LogP contribution in [0, 0.1) is 0 Å². The Kier molecular flexibility index (Phi) is 16.4. The number of rotatable bonds is 14. The number of carboxylic acids is 2. The van der Waals surface area contributed by atoms with Crippen LogP contribution in [0.4, 0.5) is 0 Å². The highest BCUT2D eigenvalue weighted by Gasteiger charge is 2.02. The predicted octanol–water partition coefficient (Wildman–Crippen LogP) is 2.97. The summed E-state index contributed by atoms with van der Waals surface area (Å²) in [6.07, 6.45) is 6.72. The molecule has 1 rings (SSSR count). The van der Waals surface area contributed by atoms with Gasteiger partial charge in [0.1, 0.15) is 0 Å². The van der Waals surface area contributed by atoms with Gasteiger partial charge in [-0.3, -0.25) is 14.4 Å². The van der Waals surface area contributed by atoms with E-state index < -0.39 is 11.9 Å². The lowest BCUT2D eigenvalue weighted by Crippen LogP contribution is -2.24. The number of carboxylic acid groups (broad SMARTS) is 2. The Labute approximate surface area is 167 Å². The van der Waals surface area contributed by atoms with E-state index in [9.17, 15) is 14.4 Å². The van der Waals surface area contributed by atoms with E-state index in [0.29, 0.717) is 25.9 Å². The van der Waals surface area contributed by atoms with Crippen molar-refractivity contribution in [3.05, 3.63) is 35.9 Å². The third kappa shape index (κ3) is 18.4. The molecule has 5 N–H and O–H groups in total. The van der Waals surface area contributed by atoms with Crippen LogP contribution in [0.15, 0.2) is 30.3 Å². The summed E-state index contributed by atoms with van der Waals surface area (Å²) < 4.78 is 0. The molecule has 0 spiro atoms. The number of aliphatic carboxylic acids is 2. The molecule has 0 aliphatic heterocycles. The number of carbonyl (C=O) groups excluding carboxylic acids is 1. The highest BCUT2D eigenvalue weighted by Crippen LogP contribution is 2.02. The lowest BCUT2D eigenvalue weighted by molar-refractivity contribution is -0.138. The quantitative estimate of drug-likeness (QED) is 0.359. The lowest BCUT2D eigenvalue weighted by atomic mass is 10.1. The maximum Gasteiger partial charge on any atom is 0.303 e. The molecule has 0 saturated heterocycles. The maximum atomic E-state index is 11.6. The van der Waals surface area contributed by atoms with Gasteiger partial charge in [-0.15, -0.1) is 0 Å². The van der Waals surface area contributed by atoms with Crippen LogP contribution in [-0.4, -0.2) is 41.1 Å². The molecule has 0 fully saturated rings. The molecule has 28 heavy (non-hydrogen) atoms. The molecule has 1 aromatic carbocycles. The Bertz CT molecular complexity index is 549. The molecule has 0 aliphatic rings. The van der Waals surface area contributed by atoms with E-state index in [1.807, 2.05) is 30.3 Å². The van der Waals surface area contributed by atoms with E-state index in [1.165, 1.54) is 5.56 Å². The van der Waals surface area contributed by atoms with Gasteiger partial charge in [0.25, 0.3) is 0 Å². The number of nitrogens with one attached hydrogen (secondary N) is 1. The van der Waals surface area contributed by atoms with E-state index in [4.69, 9.17) is 15.9 Å². The molecule has 0 radical (unpaired) electrons. The van der Waals surface area contributed by atoms with Gasteiger partial charge in [0.15, 0.2) is 0 Å². The summed E-state index contributed by atoms with van der Waals surface area (Å²) in [4.78, 5) is 31.8. The van der Waals surface area contributed by atoms with Gasteiger partial charge in [-0.1, -0.05) is 43.2 Å². The Morgan fingerprint density at radius 3 is 1.89 bits per heavy atom. The van der Waals surface area contributed by atoms with E-state index in [1.54, 1.807) is 0 Å². The molecule has 1 aromatic rings. The van der Waals surface area contributed by atoms with Crippen LogP contribution >= 0.6 is 0 Å². The molecule has 1 amide bonds. The van der Waals surface area contributed by atoms with Crippen molar-refractivity contribution in [2.24, 2.45) is 5.73 Å². The molecule has 158 valence electrons. The Morgan fingerprint density at radius 2 is 1.36 bits per heavy atom. The molecule has 0 aromatic heterocycles. The smallest absolute Gasteiger partial charge is 0.303 e. The molecule has 0 unspecified atom stereocenters. The van der Waals surface area contributed by atoms with Crippen LogP contribution in [0.1, 0.15) is 63.4 Å². The summed E-state index contributed by atoms with van der Waals surface area (Å²) in [6.45, 7) is 1.30. The first-order valence-corrected chi connectivity index (χ1v) is 9.90. The van der Waals surface area contributed by atoms with E-state index in [2.05, 4.69) is 5.32 Å². The topological polar surface area (TPSA) is 130 Å². The minimum atomic E-state index is -0.758. The fourth-order valence-corrected chi connectivity index (χ4v) is 2.39. The highest BCUT2D eigenvalue weighted by molar-refractivity contribution is 5.76. The van der Waals surface area contributed by atoms with Crippen molar-refractivity contribution in [2.45, 2.75) is 64.2 Å². The summed E-state index contributed by atoms with van der Waals surface area (Å²) in [5.41, 5.74) is 6.36. The lowest BCUT2D eigenvalue weighted by Gasteiger charge is -2.05. The number of benzene rings is 1. The van der Waals surface area contributed by atoms with Gasteiger partial charge < -0.3 is 21.3 Å². The van der Waals surface area contributed by atoms with Gasteiger partial charge in [0.2, 0.25) is 5.91 Å². The largest absolute Gasteiger partial charge is 0.481 e. The first-order valence-electron chi connectivity index (χ1n) is 9.90. The molecule has 0 bridgehead atoms. The zero-order valence-electron chi connectivity index (χ0n) is 16.6. The summed E-state index contributed by atoms with van der Waals surface area (Å²) in [5, 5.41) is 19.5. The summed E-state index contributed by atoms with van der Waals surface area (Å²) >= 11 is 0. The van der Waals surface area contributed by atoms with Crippen molar-refractivity contribution in [1.82, 2.24) is 5.32 Å². The van der Waals surface area contributed by atoms with Crippen molar-refractivity contribution in [2.75, 3.05) is 13.1 Å². The third-order valence-electron chi connectivity index (χ3n) is 3.97. The second-order valence-corrected chi connectivity index (χ2v) is 6.53. The molecule has 0 saturated carbocycles. The van der Waals surface area contributed by atoms with Crippen LogP contribution in [-0.2, 0) is 20.8 Å². The monoisotopic (exact) mass is 394 g/mol. The third-order valence-corrected chi connectivity index (χ3v) is 3.97. The van der Waals surface area contributed by atoms with Crippen LogP contribution in [0.5, 0.6) is 0 Å². The first-order chi connectivity index (χ1) is 13.5. The Hall–Kier alpha value is -2.41. The summed E-state index contributed by atoms with van der Waals surface area (Å²) in [5.74, 6) is -1.42. The zero-order valence-corrected chi connectivity index (χ0v) is 16.6. The van der Waals surface area contributed by atoms with Gasteiger partial charge in [-0.2, -0.15) is 0 Å². The minimum absolute atomic E-state index is 0.0575. The van der Waals surface area contributed by atoms with Crippen molar-refractivity contribution >= 4 is 17.8 Å². The molecule has 7 heteroatoms. The van der Waals surface area contributed by atoms with Gasteiger partial charge in [0.05, 0.1) is 0 Å². The summed E-state index contributed by atoms with van der Waals surface area (Å²) in [6, 6.07) is 9.92. The van der Waals surface area contributed by atoms with Crippen molar-refractivity contribution < 1.29 is 24.6 Å². The molecule has 0 aliphatic carbocycles. The fourth-order valence-electron chi connectivity index (χ4n) is 2.39. The molecule has 0 atom stereocenters.